The molecule has 0 bridgehead atoms. The molecule has 0 atom stereocenters. The highest BCUT2D eigenvalue weighted by Crippen LogP contribution is 2.37. The van der Waals surface area contributed by atoms with Crippen LogP contribution in [0.3, 0.4) is 0 Å². The molecule has 6 rings (SSSR count). The van der Waals surface area contributed by atoms with Gasteiger partial charge >= 0.3 is 0 Å². The number of hydrogen-bond donors (Lipinski definition) is 3. The van der Waals surface area contributed by atoms with Gasteiger partial charge in [-0.15, -0.1) is 0 Å². The molecular formula is C30H38IN7O3. The summed E-state index contributed by atoms with van der Waals surface area (Å²) in [7, 11) is 3.81. The van der Waals surface area contributed by atoms with Crippen molar-refractivity contribution in [3.05, 3.63) is 57.4 Å². The van der Waals surface area contributed by atoms with Crippen LogP contribution < -0.4 is 10.1 Å². The molecule has 0 radical (unpaired) electrons. The molecule has 1 aliphatic rings. The summed E-state index contributed by atoms with van der Waals surface area (Å²) < 4.78 is 12.5. The molecule has 0 unspecified atom stereocenters. The van der Waals surface area contributed by atoms with E-state index in [4.69, 9.17) is 4.74 Å². The Labute approximate surface area is 253 Å². The van der Waals surface area contributed by atoms with Crippen molar-refractivity contribution in [2.75, 3.05) is 11.9 Å². The molecule has 0 aliphatic carbocycles. The average molecular weight is 672 g/mol. The summed E-state index contributed by atoms with van der Waals surface area (Å²) in [5, 5.41) is 39.0. The third-order valence-electron chi connectivity index (χ3n) is 7.29. The first-order chi connectivity index (χ1) is 19.0. The van der Waals surface area contributed by atoms with Crippen LogP contribution in [0.5, 0.6) is 5.88 Å². The standard InChI is InChI=1S/C19H25N5O2.C11H13IN2O/c1-18(2)10-24-17(26-11-18)14(9-20-24)21-16-13-7-6-12(19(3,4)25)8-15(13)23(5)22-16;1-11(2,15)7-4-5-8-9(6-7)14(3)13-10(8)12/h6-9,25H,10-11H2,1-5H3,(H,21,22);4-6,15H,1-3H3. The predicted octanol–water partition coefficient (Wildman–Crippen LogP) is 5.56. The number of benzene rings is 2. The topological polar surface area (TPSA) is 115 Å². The summed E-state index contributed by atoms with van der Waals surface area (Å²) in [6.07, 6.45) is 1.78. The second kappa shape index (κ2) is 10.3. The maximum absolute atomic E-state index is 10.3. The summed E-state index contributed by atoms with van der Waals surface area (Å²) in [6.45, 7) is 12.9. The van der Waals surface area contributed by atoms with E-state index in [1.807, 2.05) is 64.5 Å². The first kappa shape index (κ1) is 29.3. The fraction of sp³-hybridized carbons (Fsp3) is 0.433. The lowest BCUT2D eigenvalue weighted by molar-refractivity contribution is 0.0781. The van der Waals surface area contributed by atoms with Gasteiger partial charge in [0.05, 0.1) is 41.6 Å². The Balaban J connectivity index is 0.000000191. The van der Waals surface area contributed by atoms with E-state index < -0.39 is 11.2 Å². The van der Waals surface area contributed by atoms with Crippen LogP contribution in [0.1, 0.15) is 52.7 Å². The third kappa shape index (κ3) is 5.93. The van der Waals surface area contributed by atoms with Crippen molar-refractivity contribution in [1.82, 2.24) is 29.3 Å². The largest absolute Gasteiger partial charge is 0.476 e. The predicted molar refractivity (Wildman–Crippen MR) is 169 cm³/mol. The zero-order chi connectivity index (χ0) is 29.9. The molecule has 0 saturated carbocycles. The van der Waals surface area contributed by atoms with Gasteiger partial charge in [0.1, 0.15) is 9.39 Å². The highest BCUT2D eigenvalue weighted by atomic mass is 127. The number of nitrogens with zero attached hydrogens (tertiary/aromatic N) is 6. The van der Waals surface area contributed by atoms with Crippen molar-refractivity contribution in [3.8, 4) is 5.88 Å². The van der Waals surface area contributed by atoms with Crippen LogP contribution in [0.4, 0.5) is 11.5 Å². The zero-order valence-electron chi connectivity index (χ0n) is 24.8. The Morgan fingerprint density at radius 1 is 0.902 bits per heavy atom. The maximum Gasteiger partial charge on any atom is 0.236 e. The van der Waals surface area contributed by atoms with E-state index in [0.29, 0.717) is 6.61 Å². The molecule has 41 heavy (non-hydrogen) atoms. The van der Waals surface area contributed by atoms with Gasteiger partial charge in [0.15, 0.2) is 5.82 Å². The number of aryl methyl sites for hydroxylation is 2. The number of fused-ring (bicyclic) bond motifs is 3. The zero-order valence-corrected chi connectivity index (χ0v) is 27.0. The van der Waals surface area contributed by atoms with Gasteiger partial charge in [-0.25, -0.2) is 4.68 Å². The fourth-order valence-electron chi connectivity index (χ4n) is 4.89. The molecule has 0 spiro atoms. The number of hydrogen-bond acceptors (Lipinski definition) is 7. The van der Waals surface area contributed by atoms with Gasteiger partial charge < -0.3 is 20.3 Å². The first-order valence-electron chi connectivity index (χ1n) is 13.5. The molecule has 5 aromatic rings. The number of aromatic nitrogens is 6. The molecular weight excluding hydrogens is 633 g/mol. The third-order valence-corrected chi connectivity index (χ3v) is 8.09. The second-order valence-electron chi connectivity index (χ2n) is 12.6. The Bertz CT molecular complexity index is 1740. The van der Waals surface area contributed by atoms with Gasteiger partial charge in [0.25, 0.3) is 0 Å². The molecule has 218 valence electrons. The second-order valence-corrected chi connectivity index (χ2v) is 13.6. The molecule has 2 aromatic carbocycles. The van der Waals surface area contributed by atoms with Gasteiger partial charge in [-0.1, -0.05) is 26.0 Å². The Kier molecular flexibility index (Phi) is 7.36. The van der Waals surface area contributed by atoms with Gasteiger partial charge in [0.2, 0.25) is 5.88 Å². The normalized spacial score (nSPS) is 14.9. The monoisotopic (exact) mass is 671 g/mol. The van der Waals surface area contributed by atoms with Crippen molar-refractivity contribution in [1.29, 1.82) is 0 Å². The van der Waals surface area contributed by atoms with Crippen LogP contribution in [-0.4, -0.2) is 46.2 Å². The molecule has 11 heteroatoms. The van der Waals surface area contributed by atoms with Crippen molar-refractivity contribution >= 4 is 55.9 Å². The summed E-state index contributed by atoms with van der Waals surface area (Å²) in [4.78, 5) is 0. The van der Waals surface area contributed by atoms with Crippen molar-refractivity contribution in [2.45, 2.75) is 59.3 Å². The SMILES string of the molecule is Cn1nc(I)c2ccc(C(C)(C)O)cc21.Cn1nc(Nc2cnn3c2OCC(C)(C)C3)c2ccc(C(C)(C)O)cc21. The highest BCUT2D eigenvalue weighted by molar-refractivity contribution is 14.1. The number of rotatable bonds is 4. The summed E-state index contributed by atoms with van der Waals surface area (Å²) in [6, 6.07) is 11.8. The number of aliphatic hydroxyl groups is 2. The molecule has 4 heterocycles. The van der Waals surface area contributed by atoms with Gasteiger partial charge in [-0.2, -0.15) is 15.3 Å². The minimum absolute atomic E-state index is 0.0709. The lowest BCUT2D eigenvalue weighted by atomic mass is 9.94. The molecule has 3 aromatic heterocycles. The Morgan fingerprint density at radius 3 is 2.07 bits per heavy atom. The minimum Gasteiger partial charge on any atom is -0.476 e. The lowest BCUT2D eigenvalue weighted by Gasteiger charge is -2.30. The van der Waals surface area contributed by atoms with Crippen molar-refractivity contribution in [2.24, 2.45) is 19.5 Å². The van der Waals surface area contributed by atoms with Crippen LogP contribution in [0.15, 0.2) is 42.6 Å². The van der Waals surface area contributed by atoms with E-state index >= 15 is 0 Å². The average Bonchev–Trinajstić information content (AvgIpc) is 3.50. The first-order valence-corrected chi connectivity index (χ1v) is 14.6. The smallest absolute Gasteiger partial charge is 0.236 e. The summed E-state index contributed by atoms with van der Waals surface area (Å²) in [5.41, 5.74) is 2.97. The van der Waals surface area contributed by atoms with Crippen LogP contribution in [0.2, 0.25) is 0 Å². The molecule has 0 saturated heterocycles. The van der Waals surface area contributed by atoms with Crippen LogP contribution >= 0.6 is 22.6 Å². The highest BCUT2D eigenvalue weighted by Gasteiger charge is 2.29. The van der Waals surface area contributed by atoms with Gasteiger partial charge in [0, 0.05) is 30.3 Å². The van der Waals surface area contributed by atoms with Crippen molar-refractivity contribution in [3.63, 3.8) is 0 Å². The molecule has 0 fully saturated rings. The molecule has 10 nitrogen and oxygen atoms in total. The van der Waals surface area contributed by atoms with E-state index in [1.165, 1.54) is 0 Å². The Hall–Kier alpha value is -3.16. The lowest BCUT2D eigenvalue weighted by Crippen LogP contribution is -2.33. The fourth-order valence-corrected chi connectivity index (χ4v) is 5.67. The van der Waals surface area contributed by atoms with Gasteiger partial charge in [-0.05, 0) is 85.7 Å². The molecule has 0 amide bonds. The maximum atomic E-state index is 10.3. The van der Waals surface area contributed by atoms with E-state index in [-0.39, 0.29) is 5.41 Å². The van der Waals surface area contributed by atoms with Gasteiger partial charge in [-0.3, -0.25) is 9.36 Å². The Morgan fingerprint density at radius 2 is 1.46 bits per heavy atom. The number of nitrogens with one attached hydrogen (secondary N) is 1. The summed E-state index contributed by atoms with van der Waals surface area (Å²) >= 11 is 2.22. The quantitative estimate of drug-likeness (QED) is 0.214. The van der Waals surface area contributed by atoms with E-state index in [2.05, 4.69) is 57.1 Å². The van der Waals surface area contributed by atoms with E-state index in [9.17, 15) is 10.2 Å². The minimum atomic E-state index is -0.891. The van der Waals surface area contributed by atoms with Crippen LogP contribution in [-0.2, 0) is 31.8 Å². The number of halogens is 1. The molecule has 3 N–H and O–H groups in total. The van der Waals surface area contributed by atoms with Crippen LogP contribution in [0.25, 0.3) is 21.8 Å². The van der Waals surface area contributed by atoms with Crippen molar-refractivity contribution < 1.29 is 14.9 Å². The molecule has 1 aliphatic heterocycles. The number of ether oxygens (including phenoxy) is 1. The van der Waals surface area contributed by atoms with Crippen LogP contribution in [0, 0.1) is 9.12 Å². The number of anilines is 2. The van der Waals surface area contributed by atoms with E-state index in [0.717, 1.165) is 60.6 Å². The summed E-state index contributed by atoms with van der Waals surface area (Å²) in [5.74, 6) is 1.49. The van der Waals surface area contributed by atoms with E-state index in [1.54, 1.807) is 33.9 Å².